The fraction of sp³-hybridized carbons (Fsp3) is 0.222. The Morgan fingerprint density at radius 1 is 1.46 bits per heavy atom. The zero-order valence-corrected chi connectivity index (χ0v) is 6.97. The number of hydrogen-bond donors (Lipinski definition) is 1. The maximum absolute atomic E-state index is 10.3. The van der Waals surface area contributed by atoms with Gasteiger partial charge in [-0.15, -0.1) is 0 Å². The van der Waals surface area contributed by atoms with Gasteiger partial charge >= 0.3 is 11.7 Å². The second-order valence-electron chi connectivity index (χ2n) is 2.62. The number of aryl methyl sites for hydroxylation is 1. The van der Waals surface area contributed by atoms with E-state index in [2.05, 4.69) is 4.98 Å². The van der Waals surface area contributed by atoms with Crippen LogP contribution in [0.15, 0.2) is 24.3 Å². The van der Waals surface area contributed by atoms with E-state index in [0.29, 0.717) is 12.1 Å². The smallest absolute Gasteiger partial charge is 0.388 e. The number of carboxylic acid groups (broad SMARTS) is 1. The third-order valence-corrected chi connectivity index (χ3v) is 1.71. The number of nitrogens with zero attached hydrogens (tertiary/aromatic N) is 2. The highest BCUT2D eigenvalue weighted by molar-refractivity contribution is 5.67. The van der Waals surface area contributed by atoms with E-state index in [1.54, 1.807) is 24.3 Å². The van der Waals surface area contributed by atoms with Crippen molar-refractivity contribution in [1.82, 2.24) is 0 Å². The topological polar surface area (TPSA) is 65.5 Å². The molecule has 0 amide bonds. The highest BCUT2D eigenvalue weighted by Crippen LogP contribution is 2.19. The highest BCUT2D eigenvalue weighted by atomic mass is 16.4. The van der Waals surface area contributed by atoms with E-state index in [1.807, 2.05) is 0 Å². The molecule has 0 heterocycles. The number of diazo groups is 1. The van der Waals surface area contributed by atoms with Crippen molar-refractivity contribution < 1.29 is 9.90 Å². The summed E-state index contributed by atoms with van der Waals surface area (Å²) < 4.78 is 0. The minimum atomic E-state index is -0.854. The molecule has 0 aliphatic heterocycles. The van der Waals surface area contributed by atoms with Gasteiger partial charge in [-0.1, -0.05) is 18.2 Å². The van der Waals surface area contributed by atoms with Gasteiger partial charge in [0.1, 0.15) is 0 Å². The van der Waals surface area contributed by atoms with Crippen LogP contribution in [-0.2, 0) is 11.2 Å². The molecule has 0 aliphatic rings. The summed E-state index contributed by atoms with van der Waals surface area (Å²) in [6.07, 6.45) is 0.433. The molecular weight excluding hydrogens is 168 g/mol. The maximum atomic E-state index is 10.3. The van der Waals surface area contributed by atoms with Gasteiger partial charge < -0.3 is 5.11 Å². The van der Waals surface area contributed by atoms with E-state index in [0.717, 1.165) is 5.56 Å². The first-order chi connectivity index (χ1) is 6.24. The van der Waals surface area contributed by atoms with E-state index >= 15 is 0 Å². The van der Waals surface area contributed by atoms with Crippen LogP contribution in [0.25, 0.3) is 4.98 Å². The van der Waals surface area contributed by atoms with Gasteiger partial charge in [0.15, 0.2) is 4.98 Å². The van der Waals surface area contributed by atoms with Crippen LogP contribution in [0, 0.1) is 5.39 Å². The summed E-state index contributed by atoms with van der Waals surface area (Å²) in [4.78, 5) is 13.3. The van der Waals surface area contributed by atoms with Crippen LogP contribution in [0.5, 0.6) is 0 Å². The lowest BCUT2D eigenvalue weighted by Gasteiger charge is -1.93. The summed E-state index contributed by atoms with van der Waals surface area (Å²) in [5.74, 6) is -0.854. The Hall–Kier alpha value is -1.89. The first-order valence-electron chi connectivity index (χ1n) is 3.89. The number of benzene rings is 1. The van der Waals surface area contributed by atoms with Crippen molar-refractivity contribution in [2.24, 2.45) is 0 Å². The van der Waals surface area contributed by atoms with Gasteiger partial charge in [-0.05, 0) is 6.42 Å². The predicted octanol–water partition coefficient (Wildman–Crippen LogP) is 2.19. The van der Waals surface area contributed by atoms with Gasteiger partial charge in [0, 0.05) is 18.1 Å². The first kappa shape index (κ1) is 9.20. The Balaban J connectivity index is 2.77. The molecule has 0 radical (unpaired) electrons. The van der Waals surface area contributed by atoms with Crippen molar-refractivity contribution in [2.45, 2.75) is 12.8 Å². The molecule has 1 rings (SSSR count). The van der Waals surface area contributed by atoms with Crippen LogP contribution >= 0.6 is 0 Å². The first-order valence-corrected chi connectivity index (χ1v) is 3.89. The summed E-state index contributed by atoms with van der Waals surface area (Å²) in [6.45, 7) is 0. The van der Waals surface area contributed by atoms with Crippen molar-refractivity contribution >= 4 is 11.7 Å². The van der Waals surface area contributed by atoms with Crippen LogP contribution in [0.1, 0.15) is 12.0 Å². The molecule has 0 saturated carbocycles. The summed E-state index contributed by atoms with van der Waals surface area (Å²) in [5.41, 5.74) is 1.18. The Labute approximate surface area is 75.4 Å². The number of rotatable bonds is 3. The SMILES string of the molecule is N#[N+]c1ccccc1CCC(=O)O. The second-order valence-corrected chi connectivity index (χ2v) is 2.62. The third-order valence-electron chi connectivity index (χ3n) is 1.71. The summed E-state index contributed by atoms with van der Waals surface area (Å²) in [7, 11) is 0. The fourth-order valence-electron chi connectivity index (χ4n) is 1.06. The normalized spacial score (nSPS) is 9.15. The Kier molecular flexibility index (Phi) is 2.98. The van der Waals surface area contributed by atoms with Gasteiger partial charge in [-0.3, -0.25) is 4.79 Å². The van der Waals surface area contributed by atoms with Crippen molar-refractivity contribution in [3.8, 4) is 0 Å². The molecular formula is C9H9N2O2+. The van der Waals surface area contributed by atoms with Gasteiger partial charge in [0.2, 0.25) is 5.39 Å². The molecule has 0 fully saturated rings. The lowest BCUT2D eigenvalue weighted by Crippen LogP contribution is -1.97. The lowest BCUT2D eigenvalue weighted by molar-refractivity contribution is -0.136. The molecule has 0 spiro atoms. The summed E-state index contributed by atoms with van der Waals surface area (Å²) in [5, 5.41) is 17.0. The van der Waals surface area contributed by atoms with Crippen molar-refractivity contribution in [2.75, 3.05) is 0 Å². The number of aliphatic carboxylic acids is 1. The molecule has 1 N–H and O–H groups in total. The highest BCUT2D eigenvalue weighted by Gasteiger charge is 2.12. The molecule has 4 heteroatoms. The van der Waals surface area contributed by atoms with Gasteiger partial charge in [-0.25, -0.2) is 0 Å². The Bertz CT molecular complexity index is 355. The maximum Gasteiger partial charge on any atom is 0.388 e. The van der Waals surface area contributed by atoms with E-state index in [1.165, 1.54) is 0 Å². The summed E-state index contributed by atoms with van der Waals surface area (Å²) in [6, 6.07) is 6.90. The molecule has 66 valence electrons. The van der Waals surface area contributed by atoms with Crippen LogP contribution in [0.2, 0.25) is 0 Å². The average Bonchev–Trinajstić information content (AvgIpc) is 2.15. The molecule has 0 saturated heterocycles. The van der Waals surface area contributed by atoms with Gasteiger partial charge in [0.25, 0.3) is 0 Å². The van der Waals surface area contributed by atoms with Crippen LogP contribution in [0.4, 0.5) is 5.69 Å². The Morgan fingerprint density at radius 3 is 2.77 bits per heavy atom. The molecule has 4 nitrogen and oxygen atoms in total. The Morgan fingerprint density at radius 2 is 2.15 bits per heavy atom. The molecule has 1 aromatic rings. The zero-order valence-electron chi connectivity index (χ0n) is 6.97. The quantitative estimate of drug-likeness (QED) is 0.719. The summed E-state index contributed by atoms with van der Waals surface area (Å²) >= 11 is 0. The van der Waals surface area contributed by atoms with Crippen LogP contribution < -0.4 is 0 Å². The van der Waals surface area contributed by atoms with Crippen molar-refractivity contribution in [3.63, 3.8) is 0 Å². The molecule has 0 bridgehead atoms. The van der Waals surface area contributed by atoms with E-state index < -0.39 is 5.97 Å². The van der Waals surface area contributed by atoms with E-state index in [4.69, 9.17) is 10.5 Å². The molecule has 0 unspecified atom stereocenters. The largest absolute Gasteiger partial charge is 0.481 e. The van der Waals surface area contributed by atoms with E-state index in [-0.39, 0.29) is 6.42 Å². The van der Waals surface area contributed by atoms with E-state index in [9.17, 15) is 4.79 Å². The minimum absolute atomic E-state index is 0.0481. The second kappa shape index (κ2) is 4.21. The monoisotopic (exact) mass is 177 g/mol. The number of hydrogen-bond acceptors (Lipinski definition) is 2. The zero-order chi connectivity index (χ0) is 9.68. The molecule has 0 atom stereocenters. The number of carbonyl (C=O) groups is 1. The van der Waals surface area contributed by atoms with Crippen molar-refractivity contribution in [1.29, 1.82) is 5.39 Å². The fourth-order valence-corrected chi connectivity index (χ4v) is 1.06. The third kappa shape index (κ3) is 2.56. The van der Waals surface area contributed by atoms with Gasteiger partial charge in [-0.2, -0.15) is 0 Å². The predicted molar refractivity (Wildman–Crippen MR) is 47.1 cm³/mol. The van der Waals surface area contributed by atoms with Crippen LogP contribution in [-0.4, -0.2) is 11.1 Å². The standard InChI is InChI=1S/C9H8N2O2/c10-11-8-4-2-1-3-7(8)5-6-9(12)13/h1-4H,5-6H2/p+1. The lowest BCUT2D eigenvalue weighted by atomic mass is 10.1. The molecule has 0 aromatic heterocycles. The molecule has 13 heavy (non-hydrogen) atoms. The average molecular weight is 177 g/mol. The number of carboxylic acids is 1. The van der Waals surface area contributed by atoms with Crippen molar-refractivity contribution in [3.05, 3.63) is 34.8 Å². The van der Waals surface area contributed by atoms with Crippen LogP contribution in [0.3, 0.4) is 0 Å². The minimum Gasteiger partial charge on any atom is -0.481 e. The molecule has 1 aromatic carbocycles. The molecule has 0 aliphatic carbocycles. The van der Waals surface area contributed by atoms with Gasteiger partial charge in [0.05, 0.1) is 0 Å².